The molecular formula is C12H13ClFNO2. The molecule has 1 aliphatic heterocycles. The van der Waals surface area contributed by atoms with Crippen molar-refractivity contribution >= 4 is 17.4 Å². The molecule has 1 aromatic rings. The van der Waals surface area contributed by atoms with E-state index in [1.54, 1.807) is 6.92 Å². The van der Waals surface area contributed by atoms with Gasteiger partial charge in [-0.3, -0.25) is 4.79 Å². The fourth-order valence-corrected chi connectivity index (χ4v) is 2.11. The molecule has 2 N–H and O–H groups in total. The van der Waals surface area contributed by atoms with Gasteiger partial charge in [0.05, 0.1) is 23.7 Å². The van der Waals surface area contributed by atoms with Crippen LogP contribution < -0.4 is 5.73 Å². The molecule has 2 rings (SSSR count). The van der Waals surface area contributed by atoms with Gasteiger partial charge in [-0.15, -0.1) is 0 Å². The van der Waals surface area contributed by atoms with E-state index in [0.29, 0.717) is 6.61 Å². The highest BCUT2D eigenvalue weighted by Crippen LogP contribution is 2.33. The zero-order chi connectivity index (χ0) is 12.6. The van der Waals surface area contributed by atoms with Gasteiger partial charge in [-0.05, 0) is 25.1 Å². The number of rotatable bonds is 2. The fourth-order valence-electron chi connectivity index (χ4n) is 1.90. The van der Waals surface area contributed by atoms with Crippen LogP contribution >= 0.6 is 11.6 Å². The Labute approximate surface area is 104 Å². The van der Waals surface area contributed by atoms with Crippen molar-refractivity contribution in [2.75, 3.05) is 13.2 Å². The first-order valence-electron chi connectivity index (χ1n) is 5.28. The molecule has 92 valence electrons. The highest BCUT2D eigenvalue weighted by Gasteiger charge is 2.45. The van der Waals surface area contributed by atoms with Gasteiger partial charge in [0.15, 0.2) is 5.78 Å². The van der Waals surface area contributed by atoms with Crippen molar-refractivity contribution in [3.05, 3.63) is 34.6 Å². The minimum Gasteiger partial charge on any atom is -0.379 e. The van der Waals surface area contributed by atoms with Crippen LogP contribution in [0.1, 0.15) is 17.3 Å². The van der Waals surface area contributed by atoms with Gasteiger partial charge in [0, 0.05) is 11.6 Å². The first-order chi connectivity index (χ1) is 7.95. The molecule has 1 aliphatic rings. The molecule has 0 bridgehead atoms. The van der Waals surface area contributed by atoms with E-state index >= 15 is 0 Å². The maximum Gasteiger partial charge on any atom is 0.174 e. The molecule has 0 amide bonds. The third-order valence-corrected chi connectivity index (χ3v) is 3.54. The Morgan fingerprint density at radius 2 is 2.35 bits per heavy atom. The molecule has 1 heterocycles. The number of carbonyl (C=O) groups excluding carboxylic acids is 1. The summed E-state index contributed by atoms with van der Waals surface area (Å²) in [6.07, 6.45) is 0. The number of benzene rings is 1. The molecule has 0 aliphatic carbocycles. The summed E-state index contributed by atoms with van der Waals surface area (Å²) in [7, 11) is 0. The Hall–Kier alpha value is -0.970. The van der Waals surface area contributed by atoms with Crippen LogP contribution in [0.25, 0.3) is 0 Å². The van der Waals surface area contributed by atoms with E-state index in [9.17, 15) is 9.18 Å². The Bertz CT molecular complexity index is 466. The normalized spacial score (nSPS) is 28.4. The number of ketones is 1. The second-order valence-electron chi connectivity index (χ2n) is 4.49. The molecule has 0 aromatic heterocycles. The van der Waals surface area contributed by atoms with Gasteiger partial charge in [0.2, 0.25) is 0 Å². The summed E-state index contributed by atoms with van der Waals surface area (Å²) in [6, 6.07) is 3.33. The summed E-state index contributed by atoms with van der Waals surface area (Å²) in [5.41, 5.74) is 5.18. The van der Waals surface area contributed by atoms with Crippen molar-refractivity contribution in [1.82, 2.24) is 0 Å². The van der Waals surface area contributed by atoms with E-state index in [-0.39, 0.29) is 23.0 Å². The molecular weight excluding hydrogens is 245 g/mol. The largest absolute Gasteiger partial charge is 0.379 e. The van der Waals surface area contributed by atoms with Gasteiger partial charge in [-0.25, -0.2) is 4.39 Å². The van der Waals surface area contributed by atoms with E-state index < -0.39 is 17.3 Å². The maximum absolute atomic E-state index is 13.1. The lowest BCUT2D eigenvalue weighted by Crippen LogP contribution is -2.44. The first-order valence-corrected chi connectivity index (χ1v) is 5.66. The Morgan fingerprint density at radius 1 is 1.65 bits per heavy atom. The highest BCUT2D eigenvalue weighted by atomic mass is 35.5. The lowest BCUT2D eigenvalue weighted by molar-refractivity contribution is 0.0767. The zero-order valence-corrected chi connectivity index (χ0v) is 10.1. The van der Waals surface area contributed by atoms with Crippen molar-refractivity contribution in [2.24, 2.45) is 11.1 Å². The van der Waals surface area contributed by atoms with Crippen molar-refractivity contribution in [3.63, 3.8) is 0 Å². The smallest absolute Gasteiger partial charge is 0.174 e. The van der Waals surface area contributed by atoms with Gasteiger partial charge < -0.3 is 10.5 Å². The minimum absolute atomic E-state index is 0.162. The van der Waals surface area contributed by atoms with Gasteiger partial charge in [-0.2, -0.15) is 0 Å². The maximum atomic E-state index is 13.1. The van der Waals surface area contributed by atoms with Crippen LogP contribution in [0.5, 0.6) is 0 Å². The molecule has 2 unspecified atom stereocenters. The monoisotopic (exact) mass is 257 g/mol. The number of hydrogen-bond donors (Lipinski definition) is 1. The van der Waals surface area contributed by atoms with Gasteiger partial charge in [0.1, 0.15) is 5.82 Å². The number of Topliss-reactive ketones (excluding diaryl/α,β-unsaturated/α-hetero) is 1. The van der Waals surface area contributed by atoms with Crippen molar-refractivity contribution < 1.29 is 13.9 Å². The lowest BCUT2D eigenvalue weighted by Gasteiger charge is -2.25. The number of ether oxygens (including phenoxy) is 1. The second-order valence-corrected chi connectivity index (χ2v) is 4.90. The van der Waals surface area contributed by atoms with Crippen LogP contribution in [0.15, 0.2) is 18.2 Å². The van der Waals surface area contributed by atoms with E-state index in [4.69, 9.17) is 22.1 Å². The predicted molar refractivity (Wildman–Crippen MR) is 62.6 cm³/mol. The van der Waals surface area contributed by atoms with Crippen LogP contribution in [-0.2, 0) is 4.74 Å². The minimum atomic E-state index is -0.836. The summed E-state index contributed by atoms with van der Waals surface area (Å²) in [5.74, 6) is -0.763. The third-order valence-electron chi connectivity index (χ3n) is 3.21. The van der Waals surface area contributed by atoms with Crippen LogP contribution in [-0.4, -0.2) is 25.0 Å². The molecule has 0 spiro atoms. The summed E-state index contributed by atoms with van der Waals surface area (Å²) in [5, 5.41) is 0.233. The summed E-state index contributed by atoms with van der Waals surface area (Å²) in [4.78, 5) is 12.3. The van der Waals surface area contributed by atoms with Crippen LogP contribution in [0, 0.1) is 11.2 Å². The van der Waals surface area contributed by atoms with Crippen molar-refractivity contribution in [1.29, 1.82) is 0 Å². The average Bonchev–Trinajstić information content (AvgIpc) is 2.63. The molecule has 1 saturated heterocycles. The Balaban J connectivity index is 2.40. The zero-order valence-electron chi connectivity index (χ0n) is 9.37. The standard InChI is InChI=1S/C12H13ClFNO2/c1-12(6-17-5-10(12)15)11(16)8-4-7(14)2-3-9(8)13/h2-4,10H,5-6,15H2,1H3. The van der Waals surface area contributed by atoms with Crippen LogP contribution in [0.3, 0.4) is 0 Å². The lowest BCUT2D eigenvalue weighted by atomic mass is 9.78. The Kier molecular flexibility index (Phi) is 3.21. The van der Waals surface area contributed by atoms with E-state index in [1.165, 1.54) is 12.1 Å². The summed E-state index contributed by atoms with van der Waals surface area (Å²) in [6.45, 7) is 2.28. The van der Waals surface area contributed by atoms with Gasteiger partial charge in [-0.1, -0.05) is 11.6 Å². The van der Waals surface area contributed by atoms with Gasteiger partial charge in [0.25, 0.3) is 0 Å². The fraction of sp³-hybridized carbons (Fsp3) is 0.417. The van der Waals surface area contributed by atoms with Crippen molar-refractivity contribution in [2.45, 2.75) is 13.0 Å². The predicted octanol–water partition coefficient (Wildman–Crippen LogP) is 2.03. The second kappa shape index (κ2) is 4.37. The van der Waals surface area contributed by atoms with E-state index in [1.807, 2.05) is 0 Å². The quantitative estimate of drug-likeness (QED) is 0.825. The number of halogens is 2. The summed E-state index contributed by atoms with van der Waals surface area (Å²) >= 11 is 5.91. The molecule has 5 heteroatoms. The molecule has 3 nitrogen and oxygen atoms in total. The Morgan fingerprint density at radius 3 is 2.94 bits per heavy atom. The molecule has 1 fully saturated rings. The van der Waals surface area contributed by atoms with E-state index in [2.05, 4.69) is 0 Å². The SMILES string of the molecule is CC1(C(=O)c2cc(F)ccc2Cl)COCC1N. The molecule has 1 aromatic carbocycles. The highest BCUT2D eigenvalue weighted by molar-refractivity contribution is 6.34. The van der Waals surface area contributed by atoms with E-state index in [0.717, 1.165) is 6.07 Å². The van der Waals surface area contributed by atoms with Crippen molar-refractivity contribution in [3.8, 4) is 0 Å². The number of nitrogens with two attached hydrogens (primary N) is 1. The topological polar surface area (TPSA) is 52.3 Å². The number of hydrogen-bond acceptors (Lipinski definition) is 3. The molecule has 0 saturated carbocycles. The van der Waals surface area contributed by atoms with Crippen LogP contribution in [0.2, 0.25) is 5.02 Å². The van der Waals surface area contributed by atoms with Crippen LogP contribution in [0.4, 0.5) is 4.39 Å². The molecule has 17 heavy (non-hydrogen) atoms. The molecule has 0 radical (unpaired) electrons. The number of carbonyl (C=O) groups is 1. The average molecular weight is 258 g/mol. The first kappa shape index (κ1) is 12.5. The molecule has 2 atom stereocenters. The summed E-state index contributed by atoms with van der Waals surface area (Å²) < 4.78 is 18.3. The third kappa shape index (κ3) is 2.08. The van der Waals surface area contributed by atoms with Gasteiger partial charge >= 0.3 is 0 Å².